The van der Waals surface area contributed by atoms with Crippen LogP contribution >= 0.6 is 0 Å². The number of hydrazone groups is 1. The predicted octanol–water partition coefficient (Wildman–Crippen LogP) is 1.93. The maximum absolute atomic E-state index is 12.4. The summed E-state index contributed by atoms with van der Waals surface area (Å²) in [5, 5.41) is 15.3. The summed E-state index contributed by atoms with van der Waals surface area (Å²) >= 11 is 0. The van der Waals surface area contributed by atoms with Crippen molar-refractivity contribution in [1.82, 2.24) is 25.4 Å². The van der Waals surface area contributed by atoms with Crippen molar-refractivity contribution in [1.29, 1.82) is 0 Å². The Labute approximate surface area is 159 Å². The zero-order chi connectivity index (χ0) is 19.3. The number of amides is 1. The zero-order valence-electron chi connectivity index (χ0n) is 14.7. The molecule has 0 aliphatic carbocycles. The summed E-state index contributed by atoms with van der Waals surface area (Å²) < 4.78 is 1.79. The zero-order valence-corrected chi connectivity index (χ0v) is 14.7. The second-order valence-corrected chi connectivity index (χ2v) is 6.10. The van der Waals surface area contributed by atoms with Crippen LogP contribution in [0.25, 0.3) is 10.8 Å². The normalized spacial score (nSPS) is 11.1. The van der Waals surface area contributed by atoms with E-state index in [1.165, 1.54) is 6.21 Å². The van der Waals surface area contributed by atoms with Crippen molar-refractivity contribution in [3.8, 4) is 0 Å². The van der Waals surface area contributed by atoms with Crippen molar-refractivity contribution in [3.05, 3.63) is 94.2 Å². The molecule has 0 saturated heterocycles. The van der Waals surface area contributed by atoms with Crippen molar-refractivity contribution in [3.63, 3.8) is 0 Å². The van der Waals surface area contributed by atoms with Crippen molar-refractivity contribution in [2.24, 2.45) is 5.10 Å². The summed E-state index contributed by atoms with van der Waals surface area (Å²) in [7, 11) is 0. The third-order valence-electron chi connectivity index (χ3n) is 4.13. The van der Waals surface area contributed by atoms with E-state index in [9.17, 15) is 9.59 Å². The molecule has 0 fully saturated rings. The van der Waals surface area contributed by atoms with Gasteiger partial charge in [0, 0.05) is 17.1 Å². The number of hydrogen-bond donors (Lipinski definition) is 2. The number of carbonyl (C=O) groups excluding carboxylic acids is 1. The van der Waals surface area contributed by atoms with Crippen molar-refractivity contribution in [2.75, 3.05) is 0 Å². The molecule has 1 amide bonds. The Morgan fingerprint density at radius 2 is 1.86 bits per heavy atom. The Hall–Kier alpha value is -4.07. The smallest absolute Gasteiger partial charge is 0.268 e. The topological polar surface area (TPSA) is 105 Å². The van der Waals surface area contributed by atoms with Gasteiger partial charge in [0.05, 0.1) is 24.3 Å². The third kappa shape index (κ3) is 3.70. The summed E-state index contributed by atoms with van der Waals surface area (Å²) in [6.45, 7) is 0.647. The molecule has 28 heavy (non-hydrogen) atoms. The van der Waals surface area contributed by atoms with Crippen LogP contribution in [0.4, 0.5) is 0 Å². The fraction of sp³-hybridized carbons (Fsp3) is 0.0500. The SMILES string of the molecule is O=C(N/N=C\c1cnn(Cc2ccccc2)c1)c1n[nH]c(=O)c2ccccc12. The molecule has 8 heteroatoms. The molecule has 8 nitrogen and oxygen atoms in total. The van der Waals surface area contributed by atoms with E-state index in [2.05, 4.69) is 25.8 Å². The van der Waals surface area contributed by atoms with Gasteiger partial charge >= 0.3 is 0 Å². The maximum Gasteiger partial charge on any atom is 0.292 e. The van der Waals surface area contributed by atoms with Crippen molar-refractivity contribution in [2.45, 2.75) is 6.54 Å². The minimum Gasteiger partial charge on any atom is -0.268 e. The summed E-state index contributed by atoms with van der Waals surface area (Å²) in [6.07, 6.45) is 4.99. The lowest BCUT2D eigenvalue weighted by atomic mass is 10.1. The molecule has 2 heterocycles. The van der Waals surface area contributed by atoms with Gasteiger partial charge in [-0.05, 0) is 11.6 Å². The number of fused-ring (bicyclic) bond motifs is 1. The number of benzene rings is 2. The Balaban J connectivity index is 1.45. The van der Waals surface area contributed by atoms with Gasteiger partial charge in [0.2, 0.25) is 0 Å². The molecule has 138 valence electrons. The van der Waals surface area contributed by atoms with Crippen LogP contribution in [0.1, 0.15) is 21.6 Å². The van der Waals surface area contributed by atoms with E-state index in [1.54, 1.807) is 35.1 Å². The van der Waals surface area contributed by atoms with Gasteiger partial charge in [-0.15, -0.1) is 0 Å². The molecule has 0 bridgehead atoms. The number of nitrogens with zero attached hydrogens (tertiary/aromatic N) is 4. The molecule has 2 aromatic carbocycles. The van der Waals surface area contributed by atoms with Gasteiger partial charge in [0.25, 0.3) is 11.5 Å². The Morgan fingerprint density at radius 1 is 1.11 bits per heavy atom. The van der Waals surface area contributed by atoms with E-state index in [0.717, 1.165) is 11.1 Å². The monoisotopic (exact) mass is 372 g/mol. The second kappa shape index (κ2) is 7.67. The summed E-state index contributed by atoms with van der Waals surface area (Å²) in [5.41, 5.74) is 4.07. The fourth-order valence-electron chi connectivity index (χ4n) is 2.81. The Morgan fingerprint density at radius 3 is 2.68 bits per heavy atom. The molecule has 0 atom stereocenters. The largest absolute Gasteiger partial charge is 0.292 e. The first-order valence-corrected chi connectivity index (χ1v) is 8.58. The first-order valence-electron chi connectivity index (χ1n) is 8.58. The number of rotatable bonds is 5. The number of H-pyrrole nitrogens is 1. The highest BCUT2D eigenvalue weighted by molar-refractivity contribution is 6.04. The molecular formula is C20H16N6O2. The average Bonchev–Trinajstić information content (AvgIpc) is 3.16. The van der Waals surface area contributed by atoms with Gasteiger partial charge in [-0.25, -0.2) is 10.5 Å². The van der Waals surface area contributed by atoms with Crippen LogP contribution in [-0.4, -0.2) is 32.1 Å². The van der Waals surface area contributed by atoms with Crippen LogP contribution in [0.5, 0.6) is 0 Å². The summed E-state index contributed by atoms with van der Waals surface area (Å²) in [4.78, 5) is 24.2. The molecule has 0 saturated carbocycles. The van der Waals surface area contributed by atoms with E-state index in [4.69, 9.17) is 0 Å². The summed E-state index contributed by atoms with van der Waals surface area (Å²) in [5.74, 6) is -0.514. The van der Waals surface area contributed by atoms with Crippen LogP contribution < -0.4 is 11.0 Å². The number of aromatic amines is 1. The van der Waals surface area contributed by atoms with Gasteiger partial charge in [-0.1, -0.05) is 48.5 Å². The van der Waals surface area contributed by atoms with Crippen molar-refractivity contribution < 1.29 is 4.79 Å². The van der Waals surface area contributed by atoms with Crippen LogP contribution in [0.3, 0.4) is 0 Å². The minimum absolute atomic E-state index is 0.104. The van der Waals surface area contributed by atoms with E-state index in [1.807, 2.05) is 36.5 Å². The van der Waals surface area contributed by atoms with Crippen LogP contribution in [-0.2, 0) is 6.54 Å². The van der Waals surface area contributed by atoms with E-state index >= 15 is 0 Å². The third-order valence-corrected chi connectivity index (χ3v) is 4.13. The summed E-state index contributed by atoms with van der Waals surface area (Å²) in [6, 6.07) is 16.7. The van der Waals surface area contributed by atoms with E-state index in [-0.39, 0.29) is 11.3 Å². The molecule has 4 rings (SSSR count). The first kappa shape index (κ1) is 17.3. The average molecular weight is 372 g/mol. The molecule has 0 aliphatic heterocycles. The quantitative estimate of drug-likeness (QED) is 0.412. The van der Waals surface area contributed by atoms with Gasteiger partial charge in [0.1, 0.15) is 0 Å². The second-order valence-electron chi connectivity index (χ2n) is 6.10. The predicted molar refractivity (Wildman–Crippen MR) is 105 cm³/mol. The molecule has 4 aromatic rings. The van der Waals surface area contributed by atoms with Gasteiger partial charge in [-0.2, -0.15) is 15.3 Å². The molecule has 0 spiro atoms. The number of aromatic nitrogens is 4. The lowest BCUT2D eigenvalue weighted by molar-refractivity contribution is 0.0951. The lowest BCUT2D eigenvalue weighted by Crippen LogP contribution is -2.22. The van der Waals surface area contributed by atoms with Crippen LogP contribution in [0.15, 0.2) is 76.9 Å². The highest BCUT2D eigenvalue weighted by Gasteiger charge is 2.13. The number of nitrogens with one attached hydrogen (secondary N) is 2. The standard InChI is InChI=1S/C20H16N6O2/c27-19-17-9-5-4-8-16(17)18(23-25-19)20(28)24-21-10-15-11-22-26(13-15)12-14-6-2-1-3-7-14/h1-11,13H,12H2,(H,24,28)(H,25,27)/b21-10-. The van der Waals surface area contributed by atoms with Gasteiger partial charge in [-0.3, -0.25) is 14.3 Å². The molecular weight excluding hydrogens is 356 g/mol. The fourth-order valence-corrected chi connectivity index (χ4v) is 2.81. The molecule has 2 aromatic heterocycles. The number of carbonyl (C=O) groups is 1. The first-order chi connectivity index (χ1) is 13.7. The van der Waals surface area contributed by atoms with Crippen LogP contribution in [0, 0.1) is 0 Å². The van der Waals surface area contributed by atoms with E-state index in [0.29, 0.717) is 17.3 Å². The van der Waals surface area contributed by atoms with Gasteiger partial charge in [0.15, 0.2) is 5.69 Å². The Kier molecular flexibility index (Phi) is 4.75. The lowest BCUT2D eigenvalue weighted by Gasteiger charge is -2.02. The molecule has 0 radical (unpaired) electrons. The highest BCUT2D eigenvalue weighted by Crippen LogP contribution is 2.12. The minimum atomic E-state index is -0.514. The molecule has 0 aliphatic rings. The highest BCUT2D eigenvalue weighted by atomic mass is 16.2. The number of hydrogen-bond acceptors (Lipinski definition) is 5. The Bertz CT molecular complexity index is 1210. The van der Waals surface area contributed by atoms with E-state index < -0.39 is 5.91 Å². The molecule has 0 unspecified atom stereocenters. The molecule has 2 N–H and O–H groups in total. The van der Waals surface area contributed by atoms with Crippen LogP contribution in [0.2, 0.25) is 0 Å². The maximum atomic E-state index is 12.4. The van der Waals surface area contributed by atoms with Gasteiger partial charge < -0.3 is 0 Å². The van der Waals surface area contributed by atoms with Crippen molar-refractivity contribution >= 4 is 22.9 Å².